The van der Waals surface area contributed by atoms with E-state index < -0.39 is 10.5 Å². The Morgan fingerprint density at radius 2 is 2.10 bits per heavy atom. The number of rotatable bonds is 5. The zero-order chi connectivity index (χ0) is 15.5. The normalized spacial score (nSPS) is 16.5. The zero-order valence-corrected chi connectivity index (χ0v) is 11.9. The van der Waals surface area contributed by atoms with Crippen LogP contribution in [0.4, 0.5) is 11.4 Å². The number of hydrogen-bond donors (Lipinski definition) is 3. The summed E-state index contributed by atoms with van der Waals surface area (Å²) in [6.07, 6.45) is 3.52. The molecular formula is C14H19N3O4. The Bertz CT molecular complexity index is 553. The van der Waals surface area contributed by atoms with Gasteiger partial charge < -0.3 is 15.7 Å². The van der Waals surface area contributed by atoms with Crippen LogP contribution in [0.5, 0.6) is 0 Å². The van der Waals surface area contributed by atoms with E-state index in [0.717, 1.165) is 25.7 Å². The smallest absolute Gasteiger partial charge is 0.293 e. The number of carbonyl (C=O) groups is 1. The third-order valence-corrected chi connectivity index (χ3v) is 3.95. The van der Waals surface area contributed by atoms with Crippen LogP contribution in [0.2, 0.25) is 0 Å². The molecule has 1 amide bonds. The Balaban J connectivity index is 2.34. The molecule has 7 heteroatoms. The molecule has 0 spiro atoms. The highest BCUT2D eigenvalue weighted by atomic mass is 16.6. The molecule has 0 unspecified atom stereocenters. The van der Waals surface area contributed by atoms with Gasteiger partial charge in [-0.3, -0.25) is 14.9 Å². The second-order valence-electron chi connectivity index (χ2n) is 5.34. The molecule has 7 nitrogen and oxygen atoms in total. The van der Waals surface area contributed by atoms with Crippen LogP contribution in [0.1, 0.15) is 36.0 Å². The Labute approximate surface area is 122 Å². The fourth-order valence-corrected chi connectivity index (χ4v) is 2.73. The summed E-state index contributed by atoms with van der Waals surface area (Å²) in [5, 5.41) is 26.4. The molecule has 3 N–H and O–H groups in total. The molecule has 0 heterocycles. The van der Waals surface area contributed by atoms with Gasteiger partial charge in [0.05, 0.1) is 17.1 Å². The first-order valence-electron chi connectivity index (χ1n) is 6.91. The van der Waals surface area contributed by atoms with Crippen molar-refractivity contribution in [3.63, 3.8) is 0 Å². The highest BCUT2D eigenvalue weighted by Crippen LogP contribution is 2.36. The molecule has 0 aliphatic heterocycles. The molecule has 1 saturated carbocycles. The van der Waals surface area contributed by atoms with Crippen molar-refractivity contribution in [3.05, 3.63) is 33.9 Å². The second-order valence-corrected chi connectivity index (χ2v) is 5.34. The molecule has 1 aromatic carbocycles. The molecule has 0 bridgehead atoms. The van der Waals surface area contributed by atoms with E-state index in [4.69, 9.17) is 0 Å². The van der Waals surface area contributed by atoms with Gasteiger partial charge in [-0.25, -0.2) is 0 Å². The van der Waals surface area contributed by atoms with Crippen molar-refractivity contribution in [2.24, 2.45) is 0 Å². The van der Waals surface area contributed by atoms with Gasteiger partial charge in [0.1, 0.15) is 5.69 Å². The molecular weight excluding hydrogens is 274 g/mol. The molecule has 1 fully saturated rings. The van der Waals surface area contributed by atoms with Crippen LogP contribution >= 0.6 is 0 Å². The highest BCUT2D eigenvalue weighted by Gasteiger charge is 2.34. The summed E-state index contributed by atoms with van der Waals surface area (Å²) >= 11 is 0. The van der Waals surface area contributed by atoms with Crippen molar-refractivity contribution in [1.29, 1.82) is 0 Å². The summed E-state index contributed by atoms with van der Waals surface area (Å²) in [7, 11) is 1.47. The van der Waals surface area contributed by atoms with E-state index in [1.165, 1.54) is 25.2 Å². The van der Waals surface area contributed by atoms with Crippen molar-refractivity contribution in [1.82, 2.24) is 5.32 Å². The van der Waals surface area contributed by atoms with Crippen LogP contribution in [0.15, 0.2) is 18.2 Å². The predicted octanol–water partition coefficient (Wildman–Crippen LogP) is 1.67. The van der Waals surface area contributed by atoms with Crippen molar-refractivity contribution >= 4 is 17.3 Å². The van der Waals surface area contributed by atoms with Gasteiger partial charge >= 0.3 is 0 Å². The number of nitro benzene ring substituents is 1. The highest BCUT2D eigenvalue weighted by molar-refractivity contribution is 5.95. The van der Waals surface area contributed by atoms with E-state index in [-0.39, 0.29) is 23.8 Å². The van der Waals surface area contributed by atoms with E-state index in [1.54, 1.807) is 0 Å². The van der Waals surface area contributed by atoms with Crippen LogP contribution in [0.3, 0.4) is 0 Å². The Morgan fingerprint density at radius 3 is 2.62 bits per heavy atom. The molecule has 0 radical (unpaired) electrons. The van der Waals surface area contributed by atoms with E-state index in [9.17, 15) is 20.0 Å². The number of carbonyl (C=O) groups excluding carboxylic acids is 1. The first-order chi connectivity index (χ1) is 10.0. The second kappa shape index (κ2) is 6.09. The topological polar surface area (TPSA) is 104 Å². The average molecular weight is 293 g/mol. The van der Waals surface area contributed by atoms with Crippen LogP contribution < -0.4 is 10.6 Å². The van der Waals surface area contributed by atoms with E-state index in [0.29, 0.717) is 5.69 Å². The largest absolute Gasteiger partial charge is 0.394 e. The van der Waals surface area contributed by atoms with Crippen molar-refractivity contribution in [2.75, 3.05) is 19.0 Å². The minimum Gasteiger partial charge on any atom is -0.394 e. The first-order valence-corrected chi connectivity index (χ1v) is 6.91. The molecule has 0 saturated heterocycles. The minimum atomic E-state index is -0.519. The van der Waals surface area contributed by atoms with Gasteiger partial charge in [0, 0.05) is 18.7 Å². The van der Waals surface area contributed by atoms with Crippen LogP contribution in [-0.2, 0) is 0 Å². The number of benzene rings is 1. The monoisotopic (exact) mass is 293 g/mol. The molecule has 1 aliphatic rings. The Morgan fingerprint density at radius 1 is 1.43 bits per heavy atom. The number of aliphatic hydroxyl groups is 1. The van der Waals surface area contributed by atoms with Gasteiger partial charge in [0.25, 0.3) is 11.6 Å². The maximum atomic E-state index is 11.6. The summed E-state index contributed by atoms with van der Waals surface area (Å²) in [5.74, 6) is -0.373. The van der Waals surface area contributed by atoms with Gasteiger partial charge in [-0.15, -0.1) is 0 Å². The standard InChI is InChI=1S/C14H19N3O4/c1-15-13(19)10-4-5-11(12(8-10)17(20)21)16-14(9-18)6-2-3-7-14/h4-5,8,16,18H,2-3,6-7,9H2,1H3,(H,15,19). The van der Waals surface area contributed by atoms with E-state index in [2.05, 4.69) is 10.6 Å². The fourth-order valence-electron chi connectivity index (χ4n) is 2.73. The molecule has 0 aromatic heterocycles. The lowest BCUT2D eigenvalue weighted by atomic mass is 9.98. The average Bonchev–Trinajstić information content (AvgIpc) is 2.95. The number of hydrogen-bond acceptors (Lipinski definition) is 5. The maximum absolute atomic E-state index is 11.6. The summed E-state index contributed by atoms with van der Waals surface area (Å²) in [6.45, 7) is -0.0681. The lowest BCUT2D eigenvalue weighted by Gasteiger charge is -2.29. The third-order valence-electron chi connectivity index (χ3n) is 3.95. The van der Waals surface area contributed by atoms with Gasteiger partial charge in [-0.05, 0) is 25.0 Å². The quantitative estimate of drug-likeness (QED) is 0.566. The number of nitrogens with zero attached hydrogens (tertiary/aromatic N) is 1. The number of nitrogens with one attached hydrogen (secondary N) is 2. The number of nitro groups is 1. The summed E-state index contributed by atoms with van der Waals surface area (Å²) < 4.78 is 0. The summed E-state index contributed by atoms with van der Waals surface area (Å²) in [6, 6.07) is 4.31. The molecule has 1 aliphatic carbocycles. The zero-order valence-electron chi connectivity index (χ0n) is 11.9. The SMILES string of the molecule is CNC(=O)c1ccc(NC2(CO)CCCC2)c([N+](=O)[O-])c1. The van der Waals surface area contributed by atoms with Gasteiger partial charge in [0.15, 0.2) is 0 Å². The van der Waals surface area contributed by atoms with Crippen molar-refractivity contribution in [3.8, 4) is 0 Å². The molecule has 2 rings (SSSR count). The van der Waals surface area contributed by atoms with Gasteiger partial charge in [-0.2, -0.15) is 0 Å². The molecule has 1 aromatic rings. The maximum Gasteiger partial charge on any atom is 0.293 e. The molecule has 114 valence electrons. The van der Waals surface area contributed by atoms with Crippen LogP contribution in [-0.4, -0.2) is 35.1 Å². The van der Waals surface area contributed by atoms with Crippen LogP contribution in [0.25, 0.3) is 0 Å². The molecule has 21 heavy (non-hydrogen) atoms. The lowest BCUT2D eigenvalue weighted by Crippen LogP contribution is -2.39. The lowest BCUT2D eigenvalue weighted by molar-refractivity contribution is -0.384. The fraction of sp³-hybridized carbons (Fsp3) is 0.500. The van der Waals surface area contributed by atoms with E-state index >= 15 is 0 Å². The predicted molar refractivity (Wildman–Crippen MR) is 78.4 cm³/mol. The summed E-state index contributed by atoms with van der Waals surface area (Å²) in [5.41, 5.74) is -0.0853. The molecule has 0 atom stereocenters. The Kier molecular flexibility index (Phi) is 4.42. The van der Waals surface area contributed by atoms with Gasteiger partial charge in [-0.1, -0.05) is 12.8 Å². The van der Waals surface area contributed by atoms with Crippen molar-refractivity contribution in [2.45, 2.75) is 31.2 Å². The first kappa shape index (κ1) is 15.2. The number of amides is 1. The third kappa shape index (κ3) is 3.13. The summed E-state index contributed by atoms with van der Waals surface area (Å²) in [4.78, 5) is 22.3. The minimum absolute atomic E-state index is 0.0681. The van der Waals surface area contributed by atoms with Crippen LogP contribution in [0, 0.1) is 10.1 Å². The van der Waals surface area contributed by atoms with Crippen molar-refractivity contribution < 1.29 is 14.8 Å². The van der Waals surface area contributed by atoms with E-state index in [1.807, 2.05) is 0 Å². The number of anilines is 1. The van der Waals surface area contributed by atoms with Gasteiger partial charge in [0.2, 0.25) is 0 Å². The number of aliphatic hydroxyl groups excluding tert-OH is 1. The Hall–Kier alpha value is -2.15.